The monoisotopic (exact) mass is 554 g/mol. The van der Waals surface area contributed by atoms with E-state index in [0.717, 1.165) is 0 Å². The van der Waals surface area contributed by atoms with Gasteiger partial charge >= 0.3 is 5.69 Å². The van der Waals surface area contributed by atoms with Gasteiger partial charge in [0.25, 0.3) is 5.91 Å². The van der Waals surface area contributed by atoms with Gasteiger partial charge in [0.1, 0.15) is 33.8 Å². The Morgan fingerprint density at radius 2 is 1.73 bits per heavy atom. The molecule has 0 radical (unpaired) electrons. The second-order valence-corrected chi connectivity index (χ2v) is 8.60. The molecule has 0 unspecified atom stereocenters. The quantitative estimate of drug-likeness (QED) is 0.151. The zero-order chi connectivity index (χ0) is 24.4. The Balaban J connectivity index is 1.59. The number of nitro groups is 1. The number of aromatic nitrogens is 2. The maximum atomic E-state index is 12.3. The molecule has 1 amide bonds. The number of rotatable bonds is 8. The van der Waals surface area contributed by atoms with Crippen LogP contribution in [0.2, 0.25) is 25.1 Å². The van der Waals surface area contributed by atoms with Crippen molar-refractivity contribution in [3.8, 4) is 5.75 Å². The number of nitrogens with one attached hydrogen (secondary N) is 1. The number of amides is 1. The number of furan rings is 1. The van der Waals surface area contributed by atoms with Gasteiger partial charge in [-0.05, 0) is 26.0 Å². The molecule has 176 valence electrons. The highest BCUT2D eigenvalue weighted by atomic mass is 35.5. The SMILES string of the molecule is Cc1nn(CCNC(=O)c2ccc(COc3c(Cl)c(Cl)c(Cl)c(Cl)c3Cl)o2)c(C)c1[N+](=O)[O-]. The molecule has 33 heavy (non-hydrogen) atoms. The van der Waals surface area contributed by atoms with Crippen molar-refractivity contribution in [2.75, 3.05) is 6.54 Å². The first-order valence-electron chi connectivity index (χ1n) is 9.22. The summed E-state index contributed by atoms with van der Waals surface area (Å²) in [6.07, 6.45) is 0. The zero-order valence-corrected chi connectivity index (χ0v) is 20.8. The molecule has 0 fully saturated rings. The molecule has 0 bridgehead atoms. The van der Waals surface area contributed by atoms with Gasteiger partial charge in [0, 0.05) is 6.54 Å². The van der Waals surface area contributed by atoms with Crippen LogP contribution >= 0.6 is 58.0 Å². The number of benzene rings is 1. The van der Waals surface area contributed by atoms with E-state index in [1.165, 1.54) is 10.7 Å². The molecule has 0 spiro atoms. The first kappa shape index (κ1) is 25.5. The summed E-state index contributed by atoms with van der Waals surface area (Å²) in [7, 11) is 0. The van der Waals surface area contributed by atoms with E-state index in [1.54, 1.807) is 19.9 Å². The molecule has 0 aliphatic rings. The van der Waals surface area contributed by atoms with E-state index in [2.05, 4.69) is 10.4 Å². The number of halogens is 5. The van der Waals surface area contributed by atoms with E-state index in [4.69, 9.17) is 67.2 Å². The Morgan fingerprint density at radius 1 is 1.12 bits per heavy atom. The van der Waals surface area contributed by atoms with Crippen LogP contribution in [0, 0.1) is 24.0 Å². The minimum absolute atomic E-state index is 0.00445. The van der Waals surface area contributed by atoms with Crippen molar-refractivity contribution in [1.82, 2.24) is 15.1 Å². The summed E-state index contributed by atoms with van der Waals surface area (Å²) < 4.78 is 12.5. The molecule has 0 aliphatic heterocycles. The summed E-state index contributed by atoms with van der Waals surface area (Å²) in [5, 5.41) is 17.8. The van der Waals surface area contributed by atoms with Crippen molar-refractivity contribution >= 4 is 69.6 Å². The minimum Gasteiger partial charge on any atom is -0.482 e. The van der Waals surface area contributed by atoms with Crippen molar-refractivity contribution in [1.29, 1.82) is 0 Å². The van der Waals surface area contributed by atoms with Gasteiger partial charge in [0.15, 0.2) is 11.5 Å². The summed E-state index contributed by atoms with van der Waals surface area (Å²) in [4.78, 5) is 22.9. The number of ether oxygens (including phenoxy) is 1. The third-order valence-electron chi connectivity index (χ3n) is 4.55. The Kier molecular flexibility index (Phi) is 8.02. The minimum atomic E-state index is -0.481. The van der Waals surface area contributed by atoms with Gasteiger partial charge in [0.2, 0.25) is 0 Å². The van der Waals surface area contributed by atoms with Crippen LogP contribution in [0.15, 0.2) is 16.5 Å². The van der Waals surface area contributed by atoms with Crippen LogP contribution in [-0.4, -0.2) is 27.2 Å². The Morgan fingerprint density at radius 3 is 2.30 bits per heavy atom. The Labute approximate surface area is 212 Å². The zero-order valence-electron chi connectivity index (χ0n) is 17.0. The van der Waals surface area contributed by atoms with E-state index in [9.17, 15) is 14.9 Å². The standard InChI is InChI=1S/C19H15Cl5N4O5/c1-8-17(28(30)31)9(2)27(26-8)6-5-25-19(29)11-4-3-10(33-11)7-32-18-15(23)13(21)12(20)14(22)16(18)24/h3-4H,5-7H2,1-2H3,(H,25,29). The summed E-state index contributed by atoms with van der Waals surface area (Å²) >= 11 is 30.2. The molecular formula is C19H15Cl5N4O5. The summed E-state index contributed by atoms with van der Waals surface area (Å²) in [5.41, 5.74) is 0.673. The highest BCUT2D eigenvalue weighted by molar-refractivity contribution is 6.55. The third-order valence-corrected chi connectivity index (χ3v) is 6.79. The lowest BCUT2D eigenvalue weighted by Crippen LogP contribution is -2.27. The topological polar surface area (TPSA) is 112 Å². The number of hydrogen-bond acceptors (Lipinski definition) is 6. The molecule has 3 rings (SSSR count). The van der Waals surface area contributed by atoms with Gasteiger partial charge in [-0.1, -0.05) is 58.0 Å². The summed E-state index contributed by atoms with van der Waals surface area (Å²) in [6, 6.07) is 3.01. The van der Waals surface area contributed by atoms with E-state index in [-0.39, 0.29) is 62.0 Å². The fourth-order valence-corrected chi connectivity index (χ4v) is 4.19. The molecule has 2 aromatic heterocycles. The average Bonchev–Trinajstić information content (AvgIpc) is 3.35. The second-order valence-electron chi connectivity index (χ2n) is 6.71. The van der Waals surface area contributed by atoms with Crippen molar-refractivity contribution in [2.45, 2.75) is 27.0 Å². The average molecular weight is 557 g/mol. The molecule has 1 N–H and O–H groups in total. The fraction of sp³-hybridized carbons (Fsp3) is 0.263. The molecule has 0 atom stereocenters. The van der Waals surface area contributed by atoms with Crippen LogP contribution in [0.1, 0.15) is 27.7 Å². The highest BCUT2D eigenvalue weighted by Crippen LogP contribution is 2.48. The molecule has 3 aromatic rings. The molecule has 14 heteroatoms. The lowest BCUT2D eigenvalue weighted by atomic mass is 10.3. The molecule has 0 aliphatic carbocycles. The van der Waals surface area contributed by atoms with Crippen LogP contribution < -0.4 is 10.1 Å². The van der Waals surface area contributed by atoms with Gasteiger partial charge in [0.05, 0.1) is 26.5 Å². The summed E-state index contributed by atoms with van der Waals surface area (Å²) in [6.45, 7) is 3.46. The van der Waals surface area contributed by atoms with Gasteiger partial charge in [-0.3, -0.25) is 19.6 Å². The van der Waals surface area contributed by atoms with Gasteiger partial charge < -0.3 is 14.5 Å². The predicted molar refractivity (Wildman–Crippen MR) is 125 cm³/mol. The summed E-state index contributed by atoms with van der Waals surface area (Å²) in [5.74, 6) is -0.106. The van der Waals surface area contributed by atoms with Crippen LogP contribution in [-0.2, 0) is 13.2 Å². The number of carbonyl (C=O) groups excluding carboxylic acids is 1. The predicted octanol–water partition coefficient (Wildman–Crippen LogP) is 6.28. The van der Waals surface area contributed by atoms with Crippen LogP contribution in [0.3, 0.4) is 0 Å². The first-order valence-corrected chi connectivity index (χ1v) is 11.1. The maximum absolute atomic E-state index is 12.3. The van der Waals surface area contributed by atoms with Gasteiger partial charge in [-0.25, -0.2) is 0 Å². The third kappa shape index (κ3) is 5.33. The molecule has 9 nitrogen and oxygen atoms in total. The fourth-order valence-electron chi connectivity index (χ4n) is 2.96. The van der Waals surface area contributed by atoms with Crippen molar-refractivity contribution < 1.29 is 18.9 Å². The smallest absolute Gasteiger partial charge is 0.312 e. The second kappa shape index (κ2) is 10.4. The number of hydrogen-bond donors (Lipinski definition) is 1. The normalized spacial score (nSPS) is 11.0. The molecular weight excluding hydrogens is 541 g/mol. The largest absolute Gasteiger partial charge is 0.482 e. The van der Waals surface area contributed by atoms with E-state index in [1.807, 2.05) is 0 Å². The van der Waals surface area contributed by atoms with Crippen LogP contribution in [0.5, 0.6) is 5.75 Å². The molecule has 2 heterocycles. The lowest BCUT2D eigenvalue weighted by Gasteiger charge is -2.12. The maximum Gasteiger partial charge on any atom is 0.312 e. The Bertz CT molecular complexity index is 1210. The van der Waals surface area contributed by atoms with Crippen molar-refractivity contribution in [3.05, 3.63) is 70.3 Å². The van der Waals surface area contributed by atoms with E-state index in [0.29, 0.717) is 17.1 Å². The molecule has 1 aromatic carbocycles. The van der Waals surface area contributed by atoms with Gasteiger partial charge in [-0.15, -0.1) is 0 Å². The van der Waals surface area contributed by atoms with Crippen LogP contribution in [0.25, 0.3) is 0 Å². The van der Waals surface area contributed by atoms with E-state index >= 15 is 0 Å². The number of aryl methyl sites for hydroxylation is 1. The van der Waals surface area contributed by atoms with E-state index < -0.39 is 10.8 Å². The molecule has 0 saturated heterocycles. The van der Waals surface area contributed by atoms with Crippen molar-refractivity contribution in [2.24, 2.45) is 0 Å². The molecule has 0 saturated carbocycles. The lowest BCUT2D eigenvalue weighted by molar-refractivity contribution is -0.386. The number of carbonyl (C=O) groups is 1. The van der Waals surface area contributed by atoms with Crippen molar-refractivity contribution in [3.63, 3.8) is 0 Å². The highest BCUT2D eigenvalue weighted by Gasteiger charge is 2.23. The van der Waals surface area contributed by atoms with Gasteiger partial charge in [-0.2, -0.15) is 5.10 Å². The van der Waals surface area contributed by atoms with Crippen LogP contribution in [0.4, 0.5) is 5.69 Å². The first-order chi connectivity index (χ1) is 15.5. The number of nitrogens with zero attached hydrogens (tertiary/aromatic N) is 3. The Hall–Kier alpha value is -2.17.